The zero-order valence-corrected chi connectivity index (χ0v) is 18.4. The molecular formula is C23H28N4O2S. The number of fused-ring (bicyclic) bond motifs is 1. The van der Waals surface area contributed by atoms with E-state index >= 15 is 0 Å². The van der Waals surface area contributed by atoms with Gasteiger partial charge in [-0.3, -0.25) is 9.69 Å². The van der Waals surface area contributed by atoms with Gasteiger partial charge >= 0.3 is 0 Å². The Bertz CT molecular complexity index is 957. The Morgan fingerprint density at radius 2 is 2.13 bits per heavy atom. The summed E-state index contributed by atoms with van der Waals surface area (Å²) in [6, 6.07) is 10.4. The van der Waals surface area contributed by atoms with Crippen LogP contribution < -0.4 is 15.0 Å². The Kier molecular flexibility index (Phi) is 6.26. The predicted molar refractivity (Wildman–Crippen MR) is 120 cm³/mol. The van der Waals surface area contributed by atoms with Gasteiger partial charge in [0.05, 0.1) is 19.2 Å². The Morgan fingerprint density at radius 1 is 1.33 bits per heavy atom. The van der Waals surface area contributed by atoms with E-state index < -0.39 is 0 Å². The molecule has 0 radical (unpaired) electrons. The van der Waals surface area contributed by atoms with E-state index in [1.165, 1.54) is 4.88 Å². The number of amides is 1. The van der Waals surface area contributed by atoms with Crippen molar-refractivity contribution in [3.8, 4) is 11.8 Å². The summed E-state index contributed by atoms with van der Waals surface area (Å²) in [4.78, 5) is 18.4. The van der Waals surface area contributed by atoms with Gasteiger partial charge in [-0.25, -0.2) is 0 Å². The first-order chi connectivity index (χ1) is 14.6. The van der Waals surface area contributed by atoms with Crippen LogP contribution in [0.15, 0.2) is 24.3 Å². The maximum absolute atomic E-state index is 12.7. The van der Waals surface area contributed by atoms with Gasteiger partial charge in [-0.15, -0.1) is 11.3 Å². The highest BCUT2D eigenvalue weighted by Gasteiger charge is 2.25. The fraction of sp³-hybridized carbons (Fsp3) is 0.478. The van der Waals surface area contributed by atoms with Crippen LogP contribution in [0.25, 0.3) is 0 Å². The van der Waals surface area contributed by atoms with Crippen molar-refractivity contribution in [2.75, 3.05) is 50.1 Å². The molecule has 1 aliphatic carbocycles. The van der Waals surface area contributed by atoms with Crippen molar-refractivity contribution >= 4 is 27.9 Å². The van der Waals surface area contributed by atoms with Gasteiger partial charge in [0.2, 0.25) is 5.91 Å². The number of benzene rings is 1. The summed E-state index contributed by atoms with van der Waals surface area (Å²) in [6.07, 6.45) is 3.07. The van der Waals surface area contributed by atoms with Crippen molar-refractivity contribution < 1.29 is 9.53 Å². The smallest absolute Gasteiger partial charge is 0.239 e. The first-order valence-corrected chi connectivity index (χ1v) is 11.3. The number of carbonyl (C=O) groups excluding carboxylic acids is 1. The van der Waals surface area contributed by atoms with Gasteiger partial charge < -0.3 is 15.0 Å². The standard InChI is InChI=1S/C23H28N4O2S/c1-16-6-7-19-20(14-24)23(30-21(19)12-16)25-22(28)15-26-8-10-27(11-9-26)17-4-3-5-18(13-17)29-2/h3-5,13,16H,6-12,15H2,1-2H3,(H,25,28). The molecule has 6 nitrogen and oxygen atoms in total. The Morgan fingerprint density at radius 3 is 2.87 bits per heavy atom. The Balaban J connectivity index is 1.33. The van der Waals surface area contributed by atoms with Crippen LogP contribution in [0.1, 0.15) is 29.3 Å². The second-order valence-corrected chi connectivity index (χ2v) is 9.29. The number of methoxy groups -OCH3 is 1. The van der Waals surface area contributed by atoms with Gasteiger partial charge in [0.15, 0.2) is 0 Å². The molecule has 2 aromatic rings. The molecule has 1 aromatic heterocycles. The zero-order valence-electron chi connectivity index (χ0n) is 17.6. The molecule has 1 amide bonds. The molecule has 1 aromatic carbocycles. The van der Waals surface area contributed by atoms with Crippen LogP contribution in [0.4, 0.5) is 10.7 Å². The molecule has 30 heavy (non-hydrogen) atoms. The summed E-state index contributed by atoms with van der Waals surface area (Å²) in [7, 11) is 1.68. The van der Waals surface area contributed by atoms with E-state index in [4.69, 9.17) is 4.74 Å². The molecule has 0 saturated carbocycles. The van der Waals surface area contributed by atoms with Crippen molar-refractivity contribution in [2.24, 2.45) is 5.92 Å². The zero-order chi connectivity index (χ0) is 21.1. The molecule has 1 aliphatic heterocycles. The van der Waals surface area contributed by atoms with E-state index in [1.807, 2.05) is 18.2 Å². The Labute approximate surface area is 182 Å². The van der Waals surface area contributed by atoms with E-state index in [-0.39, 0.29) is 5.91 Å². The molecule has 2 aliphatic rings. The summed E-state index contributed by atoms with van der Waals surface area (Å²) in [5, 5.41) is 13.4. The van der Waals surface area contributed by atoms with Gasteiger partial charge in [0.1, 0.15) is 16.8 Å². The lowest BCUT2D eigenvalue weighted by Crippen LogP contribution is -2.48. The van der Waals surface area contributed by atoms with Crippen LogP contribution in [0.5, 0.6) is 5.75 Å². The molecule has 158 valence electrons. The van der Waals surface area contributed by atoms with E-state index in [9.17, 15) is 10.1 Å². The minimum atomic E-state index is -0.0343. The van der Waals surface area contributed by atoms with Gasteiger partial charge in [0.25, 0.3) is 0 Å². The van der Waals surface area contributed by atoms with Gasteiger partial charge in [-0.2, -0.15) is 5.26 Å². The number of thiophene rings is 1. The SMILES string of the molecule is COc1cccc(N2CCN(CC(=O)Nc3sc4c(c3C#N)CCC(C)C4)CC2)c1. The quantitative estimate of drug-likeness (QED) is 0.795. The highest BCUT2D eigenvalue weighted by molar-refractivity contribution is 7.16. The van der Waals surface area contributed by atoms with Crippen molar-refractivity contribution in [1.29, 1.82) is 5.26 Å². The molecule has 4 rings (SSSR count). The number of hydrogen-bond acceptors (Lipinski definition) is 6. The van der Waals surface area contributed by atoms with Gasteiger partial charge in [-0.1, -0.05) is 13.0 Å². The number of rotatable bonds is 5. The molecular weight excluding hydrogens is 396 g/mol. The monoisotopic (exact) mass is 424 g/mol. The minimum Gasteiger partial charge on any atom is -0.497 e. The lowest BCUT2D eigenvalue weighted by Gasteiger charge is -2.35. The molecule has 0 bridgehead atoms. The molecule has 1 N–H and O–H groups in total. The summed E-state index contributed by atoms with van der Waals surface area (Å²) in [6.45, 7) is 6.00. The van der Waals surface area contributed by atoms with Crippen molar-refractivity contribution in [2.45, 2.75) is 26.2 Å². The number of ether oxygens (including phenoxy) is 1. The lowest BCUT2D eigenvalue weighted by molar-refractivity contribution is -0.117. The van der Waals surface area contributed by atoms with E-state index in [0.29, 0.717) is 18.0 Å². The molecule has 7 heteroatoms. The number of nitriles is 1. The molecule has 1 fully saturated rings. The van der Waals surface area contributed by atoms with Crippen molar-refractivity contribution in [3.05, 3.63) is 40.3 Å². The molecule has 1 unspecified atom stereocenters. The largest absolute Gasteiger partial charge is 0.497 e. The second-order valence-electron chi connectivity index (χ2n) is 8.18. The summed E-state index contributed by atoms with van der Waals surface area (Å²) < 4.78 is 5.32. The summed E-state index contributed by atoms with van der Waals surface area (Å²) >= 11 is 1.59. The normalized spacial score (nSPS) is 19.1. The van der Waals surface area contributed by atoms with Crippen LogP contribution in [-0.4, -0.2) is 50.6 Å². The highest BCUT2D eigenvalue weighted by Crippen LogP contribution is 2.39. The minimum absolute atomic E-state index is 0.0343. The van der Waals surface area contributed by atoms with E-state index in [2.05, 4.69) is 34.2 Å². The lowest BCUT2D eigenvalue weighted by atomic mass is 9.89. The topological polar surface area (TPSA) is 68.6 Å². The third kappa shape index (κ3) is 4.45. The molecule has 1 atom stereocenters. The van der Waals surface area contributed by atoms with Crippen LogP contribution in [-0.2, 0) is 17.6 Å². The van der Waals surface area contributed by atoms with Crippen molar-refractivity contribution in [3.63, 3.8) is 0 Å². The van der Waals surface area contributed by atoms with Crippen LogP contribution in [0.2, 0.25) is 0 Å². The summed E-state index contributed by atoms with van der Waals surface area (Å²) in [5.74, 6) is 1.47. The predicted octanol–water partition coefficient (Wildman–Crippen LogP) is 3.51. The maximum Gasteiger partial charge on any atom is 0.239 e. The van der Waals surface area contributed by atoms with E-state index in [0.717, 1.165) is 67.4 Å². The summed E-state index contributed by atoms with van der Waals surface area (Å²) in [5.41, 5.74) is 2.98. The third-order valence-corrected chi connectivity index (χ3v) is 7.20. The van der Waals surface area contributed by atoms with Gasteiger partial charge in [-0.05, 0) is 42.9 Å². The average molecular weight is 425 g/mol. The fourth-order valence-electron chi connectivity index (χ4n) is 4.30. The second kappa shape index (κ2) is 9.07. The third-order valence-electron chi connectivity index (χ3n) is 6.03. The van der Waals surface area contributed by atoms with Crippen LogP contribution >= 0.6 is 11.3 Å². The number of piperazine rings is 1. The molecule has 2 heterocycles. The maximum atomic E-state index is 12.7. The number of nitrogens with zero attached hydrogens (tertiary/aromatic N) is 3. The molecule has 0 spiro atoms. The van der Waals surface area contributed by atoms with Gasteiger partial charge in [0, 0.05) is 42.8 Å². The first-order valence-electron chi connectivity index (χ1n) is 10.5. The van der Waals surface area contributed by atoms with Crippen LogP contribution in [0.3, 0.4) is 0 Å². The molecule has 1 saturated heterocycles. The first kappa shape index (κ1) is 20.7. The number of hydrogen-bond donors (Lipinski definition) is 1. The van der Waals surface area contributed by atoms with Crippen molar-refractivity contribution in [1.82, 2.24) is 4.90 Å². The number of nitrogens with one attached hydrogen (secondary N) is 1. The van der Waals surface area contributed by atoms with E-state index in [1.54, 1.807) is 18.4 Å². The highest BCUT2D eigenvalue weighted by atomic mass is 32.1. The average Bonchev–Trinajstić information content (AvgIpc) is 3.09. The Hall–Kier alpha value is -2.56. The number of anilines is 2. The number of carbonyl (C=O) groups is 1. The fourth-order valence-corrected chi connectivity index (χ4v) is 5.68. The van der Waals surface area contributed by atoms with Crippen LogP contribution in [0, 0.1) is 17.2 Å².